The minimum absolute atomic E-state index is 0.668. The first-order valence-electron chi connectivity index (χ1n) is 7.72. The van der Waals surface area contributed by atoms with Crippen LogP contribution in [0.15, 0.2) is 60.7 Å². The van der Waals surface area contributed by atoms with Crippen molar-refractivity contribution in [2.45, 2.75) is 19.3 Å². The Bertz CT molecular complexity index is 562. The molecule has 3 rings (SSSR count). The van der Waals surface area contributed by atoms with Crippen LogP contribution in [0.5, 0.6) is 0 Å². The fraction of sp³-hybridized carbons (Fsp3) is 0.333. The molecule has 3 heteroatoms. The zero-order valence-electron chi connectivity index (χ0n) is 12.3. The molecule has 0 radical (unpaired) electrons. The van der Waals surface area contributed by atoms with Gasteiger partial charge in [0.1, 0.15) is 0 Å². The highest BCUT2D eigenvalue weighted by Crippen LogP contribution is 2.44. The highest BCUT2D eigenvalue weighted by molar-refractivity contribution is 7.78. The first kappa shape index (κ1) is 14.6. The molecule has 21 heavy (non-hydrogen) atoms. The molecule has 0 amide bonds. The van der Waals surface area contributed by atoms with Crippen molar-refractivity contribution < 1.29 is 4.57 Å². The lowest BCUT2D eigenvalue weighted by Crippen LogP contribution is -2.34. The first-order valence-corrected chi connectivity index (χ1v) is 9.61. The maximum Gasteiger partial charge on any atom is 0.156 e. The number of piperidine rings is 1. The van der Waals surface area contributed by atoms with Crippen LogP contribution >= 0.6 is 7.14 Å². The maximum atomic E-state index is 13.8. The SMILES string of the molecule is O=P(CN1CCCCC1)(c1ccccc1)c1ccccc1. The Morgan fingerprint density at radius 2 is 1.24 bits per heavy atom. The highest BCUT2D eigenvalue weighted by Gasteiger charge is 2.30. The largest absolute Gasteiger partial charge is 0.312 e. The van der Waals surface area contributed by atoms with Gasteiger partial charge in [0.25, 0.3) is 0 Å². The lowest BCUT2D eigenvalue weighted by atomic mass is 10.1. The van der Waals surface area contributed by atoms with Gasteiger partial charge in [-0.1, -0.05) is 67.1 Å². The molecule has 2 aromatic rings. The molecule has 2 nitrogen and oxygen atoms in total. The molecular formula is C18H22NOP. The Balaban J connectivity index is 1.96. The second-order valence-electron chi connectivity index (χ2n) is 5.73. The molecule has 0 aliphatic carbocycles. The zero-order chi connectivity index (χ0) is 14.5. The Labute approximate surface area is 127 Å². The summed E-state index contributed by atoms with van der Waals surface area (Å²) >= 11 is 0. The van der Waals surface area contributed by atoms with Crippen molar-refractivity contribution in [1.82, 2.24) is 4.90 Å². The first-order chi connectivity index (χ1) is 10.3. The van der Waals surface area contributed by atoms with E-state index in [4.69, 9.17) is 0 Å². The normalized spacial score (nSPS) is 16.8. The van der Waals surface area contributed by atoms with E-state index in [1.165, 1.54) is 19.3 Å². The van der Waals surface area contributed by atoms with E-state index in [-0.39, 0.29) is 0 Å². The molecule has 1 aliphatic rings. The summed E-state index contributed by atoms with van der Waals surface area (Å²) in [6.07, 6.45) is 4.42. The molecule has 1 fully saturated rings. The lowest BCUT2D eigenvalue weighted by Gasteiger charge is -2.31. The van der Waals surface area contributed by atoms with Gasteiger partial charge in [0.2, 0.25) is 0 Å². The number of likely N-dealkylation sites (tertiary alicyclic amines) is 1. The summed E-state index contributed by atoms with van der Waals surface area (Å²) < 4.78 is 13.8. The summed E-state index contributed by atoms with van der Waals surface area (Å²) in [5, 5.41) is 1.95. The monoisotopic (exact) mass is 299 g/mol. The molecule has 0 N–H and O–H groups in total. The standard InChI is InChI=1S/C18H22NOP/c20-21(17-10-4-1-5-11-17,18-12-6-2-7-13-18)16-19-14-8-3-9-15-19/h1-2,4-7,10-13H,3,8-9,14-16H2. The highest BCUT2D eigenvalue weighted by atomic mass is 31.2. The molecule has 1 aliphatic heterocycles. The second-order valence-corrected chi connectivity index (χ2v) is 8.53. The summed E-state index contributed by atoms with van der Waals surface area (Å²) in [7, 11) is -2.57. The van der Waals surface area contributed by atoms with E-state index in [0.29, 0.717) is 6.29 Å². The van der Waals surface area contributed by atoms with E-state index in [0.717, 1.165) is 23.7 Å². The smallest absolute Gasteiger partial charge is 0.156 e. The van der Waals surface area contributed by atoms with E-state index >= 15 is 0 Å². The van der Waals surface area contributed by atoms with Gasteiger partial charge >= 0.3 is 0 Å². The third kappa shape index (κ3) is 3.28. The quantitative estimate of drug-likeness (QED) is 0.806. The number of benzene rings is 2. The Kier molecular flexibility index (Phi) is 4.57. The van der Waals surface area contributed by atoms with Crippen LogP contribution in [0.2, 0.25) is 0 Å². The van der Waals surface area contributed by atoms with Crippen LogP contribution in [0.25, 0.3) is 0 Å². The van der Waals surface area contributed by atoms with Crippen molar-refractivity contribution >= 4 is 17.8 Å². The van der Waals surface area contributed by atoms with Crippen molar-refractivity contribution in [3.8, 4) is 0 Å². The summed E-state index contributed by atoms with van der Waals surface area (Å²) in [5.41, 5.74) is 0. The van der Waals surface area contributed by atoms with Crippen LogP contribution in [0.1, 0.15) is 19.3 Å². The van der Waals surface area contributed by atoms with Crippen molar-refractivity contribution in [3.05, 3.63) is 60.7 Å². The van der Waals surface area contributed by atoms with Crippen LogP contribution in [-0.2, 0) is 4.57 Å². The van der Waals surface area contributed by atoms with Gasteiger partial charge in [-0.2, -0.15) is 0 Å². The number of nitrogens with zero attached hydrogens (tertiary/aromatic N) is 1. The van der Waals surface area contributed by atoms with E-state index in [9.17, 15) is 4.57 Å². The summed E-state index contributed by atoms with van der Waals surface area (Å²) in [5.74, 6) is 0. The lowest BCUT2D eigenvalue weighted by molar-refractivity contribution is 0.262. The van der Waals surface area contributed by atoms with Crippen LogP contribution in [0.3, 0.4) is 0 Å². The van der Waals surface area contributed by atoms with Crippen molar-refractivity contribution in [1.29, 1.82) is 0 Å². The van der Waals surface area contributed by atoms with Gasteiger partial charge in [0.15, 0.2) is 7.14 Å². The van der Waals surface area contributed by atoms with Crippen molar-refractivity contribution in [2.75, 3.05) is 19.4 Å². The van der Waals surface area contributed by atoms with Crippen LogP contribution in [-0.4, -0.2) is 24.3 Å². The molecule has 1 heterocycles. The van der Waals surface area contributed by atoms with Gasteiger partial charge in [-0.15, -0.1) is 0 Å². The van der Waals surface area contributed by atoms with Crippen LogP contribution in [0.4, 0.5) is 0 Å². The van der Waals surface area contributed by atoms with Gasteiger partial charge in [0, 0.05) is 10.6 Å². The average Bonchev–Trinajstić information content (AvgIpc) is 2.57. The Hall–Kier alpha value is -1.37. The van der Waals surface area contributed by atoms with E-state index in [1.54, 1.807) is 0 Å². The van der Waals surface area contributed by atoms with Crippen molar-refractivity contribution in [2.24, 2.45) is 0 Å². The number of hydrogen-bond donors (Lipinski definition) is 0. The molecule has 0 unspecified atom stereocenters. The predicted octanol–water partition coefficient (Wildman–Crippen LogP) is 3.44. The maximum absolute atomic E-state index is 13.8. The molecule has 0 atom stereocenters. The molecule has 1 saturated heterocycles. The summed E-state index contributed by atoms with van der Waals surface area (Å²) in [4.78, 5) is 2.38. The van der Waals surface area contributed by atoms with Gasteiger partial charge < -0.3 is 4.57 Å². The third-order valence-electron chi connectivity index (χ3n) is 4.19. The number of hydrogen-bond acceptors (Lipinski definition) is 2. The Morgan fingerprint density at radius 1 is 0.762 bits per heavy atom. The molecule has 0 bridgehead atoms. The minimum Gasteiger partial charge on any atom is -0.312 e. The third-order valence-corrected chi connectivity index (χ3v) is 7.26. The minimum atomic E-state index is -2.57. The topological polar surface area (TPSA) is 20.3 Å². The molecule has 2 aromatic carbocycles. The fourth-order valence-electron chi connectivity index (χ4n) is 3.03. The fourth-order valence-corrected chi connectivity index (χ4v) is 5.81. The predicted molar refractivity (Wildman–Crippen MR) is 90.0 cm³/mol. The summed E-state index contributed by atoms with van der Waals surface area (Å²) in [6, 6.07) is 20.0. The molecule has 110 valence electrons. The van der Waals surface area contributed by atoms with Crippen LogP contribution < -0.4 is 10.6 Å². The molecule has 0 saturated carbocycles. The molecule has 0 aromatic heterocycles. The van der Waals surface area contributed by atoms with Gasteiger partial charge in [-0.3, -0.25) is 4.90 Å². The molecular weight excluding hydrogens is 277 g/mol. The molecule has 0 spiro atoms. The second kappa shape index (κ2) is 6.60. The number of rotatable bonds is 4. The zero-order valence-corrected chi connectivity index (χ0v) is 13.2. The van der Waals surface area contributed by atoms with Gasteiger partial charge in [-0.05, 0) is 25.9 Å². The Morgan fingerprint density at radius 3 is 1.71 bits per heavy atom. The van der Waals surface area contributed by atoms with E-state index < -0.39 is 7.14 Å². The van der Waals surface area contributed by atoms with Gasteiger partial charge in [-0.25, -0.2) is 0 Å². The average molecular weight is 299 g/mol. The summed E-state index contributed by atoms with van der Waals surface area (Å²) in [6.45, 7) is 2.15. The van der Waals surface area contributed by atoms with Crippen LogP contribution in [0, 0.1) is 0 Å². The van der Waals surface area contributed by atoms with E-state index in [1.807, 2.05) is 60.7 Å². The van der Waals surface area contributed by atoms with E-state index in [2.05, 4.69) is 4.90 Å². The van der Waals surface area contributed by atoms with Gasteiger partial charge in [0.05, 0.1) is 6.29 Å². The van der Waals surface area contributed by atoms with Crippen molar-refractivity contribution in [3.63, 3.8) is 0 Å².